The van der Waals surface area contributed by atoms with Gasteiger partial charge in [0.1, 0.15) is 5.69 Å². The van der Waals surface area contributed by atoms with E-state index < -0.39 is 5.97 Å². The van der Waals surface area contributed by atoms with Crippen LogP contribution in [0.2, 0.25) is 0 Å². The largest absolute Gasteiger partial charge is 0.477 e. The Balaban J connectivity index is 2.16. The highest BCUT2D eigenvalue weighted by Crippen LogP contribution is 2.28. The van der Waals surface area contributed by atoms with Gasteiger partial charge in [-0.2, -0.15) is 0 Å². The molecule has 1 N–H and O–H groups in total. The third-order valence-electron chi connectivity index (χ3n) is 3.23. The number of aromatic carboxylic acids is 1. The molecule has 1 saturated carbocycles. The van der Waals surface area contributed by atoms with E-state index in [0.29, 0.717) is 11.6 Å². The van der Waals surface area contributed by atoms with Crippen molar-refractivity contribution in [2.75, 3.05) is 6.54 Å². The molecule has 5 heteroatoms. The van der Waals surface area contributed by atoms with Crippen molar-refractivity contribution in [2.24, 2.45) is 0 Å². The summed E-state index contributed by atoms with van der Waals surface area (Å²) in [7, 11) is 0. The molecule has 5 nitrogen and oxygen atoms in total. The molecule has 0 unspecified atom stereocenters. The Labute approximate surface area is 112 Å². The standard InChI is InChI=1S/C14H18N2O3/c1-2-3-8-16(11-4-5-11)13(17)10-6-7-15-12(9-10)14(18)19/h6-7,9,11H,2-5,8H2,1H3,(H,18,19). The van der Waals surface area contributed by atoms with Gasteiger partial charge in [-0.15, -0.1) is 0 Å². The smallest absolute Gasteiger partial charge is 0.354 e. The molecule has 1 heterocycles. The molecule has 1 aromatic rings. The van der Waals surface area contributed by atoms with Gasteiger partial charge in [-0.1, -0.05) is 13.3 Å². The van der Waals surface area contributed by atoms with Crippen LogP contribution < -0.4 is 0 Å². The summed E-state index contributed by atoms with van der Waals surface area (Å²) in [5, 5.41) is 8.91. The fraction of sp³-hybridized carbons (Fsp3) is 0.500. The summed E-state index contributed by atoms with van der Waals surface area (Å²) in [6.45, 7) is 2.83. The average molecular weight is 262 g/mol. The van der Waals surface area contributed by atoms with Crippen LogP contribution in [0.1, 0.15) is 53.5 Å². The number of aromatic nitrogens is 1. The lowest BCUT2D eigenvalue weighted by Gasteiger charge is -2.22. The molecule has 1 aromatic heterocycles. The highest BCUT2D eigenvalue weighted by Gasteiger charge is 2.32. The highest BCUT2D eigenvalue weighted by atomic mass is 16.4. The van der Waals surface area contributed by atoms with Crippen LogP contribution in [0.5, 0.6) is 0 Å². The molecule has 0 radical (unpaired) electrons. The lowest BCUT2D eigenvalue weighted by Crippen LogP contribution is -2.34. The van der Waals surface area contributed by atoms with Gasteiger partial charge >= 0.3 is 5.97 Å². The second kappa shape index (κ2) is 5.82. The van der Waals surface area contributed by atoms with Crippen LogP contribution in [0.4, 0.5) is 0 Å². The highest BCUT2D eigenvalue weighted by molar-refractivity contribution is 5.97. The number of amides is 1. The maximum absolute atomic E-state index is 12.4. The second-order valence-electron chi connectivity index (χ2n) is 4.82. The van der Waals surface area contributed by atoms with Crippen LogP contribution in [-0.4, -0.2) is 39.5 Å². The molecular formula is C14H18N2O3. The molecule has 1 amide bonds. The fourth-order valence-electron chi connectivity index (χ4n) is 2.01. The van der Waals surface area contributed by atoms with Crippen LogP contribution >= 0.6 is 0 Å². The van der Waals surface area contributed by atoms with Gasteiger partial charge in [0.25, 0.3) is 5.91 Å². The number of nitrogens with zero attached hydrogens (tertiary/aromatic N) is 2. The Hall–Kier alpha value is -1.91. The Bertz CT molecular complexity index is 483. The number of carbonyl (C=O) groups excluding carboxylic acids is 1. The number of carboxylic acids is 1. The van der Waals surface area contributed by atoms with E-state index in [4.69, 9.17) is 5.11 Å². The first-order chi connectivity index (χ1) is 9.13. The minimum Gasteiger partial charge on any atom is -0.477 e. The Morgan fingerprint density at radius 3 is 2.79 bits per heavy atom. The number of rotatable bonds is 6. The molecular weight excluding hydrogens is 244 g/mol. The summed E-state index contributed by atoms with van der Waals surface area (Å²) in [6.07, 6.45) is 5.48. The normalized spacial score (nSPS) is 14.2. The lowest BCUT2D eigenvalue weighted by molar-refractivity contribution is 0.0690. The number of pyridine rings is 1. The van der Waals surface area contributed by atoms with Crippen LogP contribution in [0.15, 0.2) is 18.3 Å². The van der Waals surface area contributed by atoms with Gasteiger partial charge in [-0.25, -0.2) is 9.78 Å². The van der Waals surface area contributed by atoms with Gasteiger partial charge in [0, 0.05) is 24.3 Å². The lowest BCUT2D eigenvalue weighted by atomic mass is 10.2. The Morgan fingerprint density at radius 1 is 1.47 bits per heavy atom. The number of hydrogen-bond acceptors (Lipinski definition) is 3. The molecule has 0 saturated heterocycles. The van der Waals surface area contributed by atoms with Crippen LogP contribution in [0.3, 0.4) is 0 Å². The van der Waals surface area contributed by atoms with E-state index in [2.05, 4.69) is 11.9 Å². The van der Waals surface area contributed by atoms with E-state index in [1.807, 2.05) is 4.90 Å². The van der Waals surface area contributed by atoms with E-state index in [9.17, 15) is 9.59 Å². The van der Waals surface area contributed by atoms with Crippen LogP contribution in [-0.2, 0) is 0 Å². The first-order valence-electron chi connectivity index (χ1n) is 6.63. The molecule has 19 heavy (non-hydrogen) atoms. The van der Waals surface area contributed by atoms with Crippen LogP contribution in [0.25, 0.3) is 0 Å². The summed E-state index contributed by atoms with van der Waals surface area (Å²) in [5.41, 5.74) is 0.326. The molecule has 0 spiro atoms. The molecule has 0 aromatic carbocycles. The number of carbonyl (C=O) groups is 2. The molecule has 1 aliphatic carbocycles. The quantitative estimate of drug-likeness (QED) is 0.853. The molecule has 102 valence electrons. The summed E-state index contributed by atoms with van der Waals surface area (Å²) in [6, 6.07) is 3.27. The minimum absolute atomic E-state index is 0.0825. The first kappa shape index (κ1) is 13.5. The maximum Gasteiger partial charge on any atom is 0.354 e. The summed E-state index contributed by atoms with van der Waals surface area (Å²) >= 11 is 0. The van der Waals surface area contributed by atoms with Crippen molar-refractivity contribution in [3.63, 3.8) is 0 Å². The van der Waals surface area contributed by atoms with Gasteiger partial charge in [0.15, 0.2) is 0 Å². The summed E-state index contributed by atoms with van der Waals surface area (Å²) in [5.74, 6) is -1.19. The van der Waals surface area contributed by atoms with Crippen molar-refractivity contribution in [1.82, 2.24) is 9.88 Å². The molecule has 0 atom stereocenters. The van der Waals surface area contributed by atoms with Gasteiger partial charge in [-0.3, -0.25) is 4.79 Å². The zero-order valence-electron chi connectivity index (χ0n) is 11.0. The Morgan fingerprint density at radius 2 is 2.21 bits per heavy atom. The molecule has 0 aliphatic heterocycles. The predicted molar refractivity (Wildman–Crippen MR) is 70.2 cm³/mol. The predicted octanol–water partition coefficient (Wildman–Crippen LogP) is 2.18. The zero-order chi connectivity index (χ0) is 13.8. The van der Waals surface area contributed by atoms with E-state index in [0.717, 1.165) is 32.2 Å². The summed E-state index contributed by atoms with van der Waals surface area (Å²) < 4.78 is 0. The topological polar surface area (TPSA) is 70.5 Å². The first-order valence-corrected chi connectivity index (χ1v) is 6.63. The zero-order valence-corrected chi connectivity index (χ0v) is 11.0. The average Bonchev–Trinajstić information content (AvgIpc) is 3.23. The van der Waals surface area contributed by atoms with Gasteiger partial charge in [-0.05, 0) is 31.4 Å². The van der Waals surface area contributed by atoms with Crippen molar-refractivity contribution in [1.29, 1.82) is 0 Å². The van der Waals surface area contributed by atoms with Crippen molar-refractivity contribution >= 4 is 11.9 Å². The fourth-order valence-corrected chi connectivity index (χ4v) is 2.01. The van der Waals surface area contributed by atoms with Crippen molar-refractivity contribution in [3.05, 3.63) is 29.6 Å². The van der Waals surface area contributed by atoms with Crippen LogP contribution in [0, 0.1) is 0 Å². The van der Waals surface area contributed by atoms with Crippen molar-refractivity contribution < 1.29 is 14.7 Å². The van der Waals surface area contributed by atoms with E-state index >= 15 is 0 Å². The Kier molecular flexibility index (Phi) is 4.14. The molecule has 2 rings (SSSR count). The third kappa shape index (κ3) is 3.30. The number of hydrogen-bond donors (Lipinski definition) is 1. The summed E-state index contributed by atoms with van der Waals surface area (Å²) in [4.78, 5) is 28.9. The number of carboxylic acid groups (broad SMARTS) is 1. The van der Waals surface area contributed by atoms with Gasteiger partial charge in [0.05, 0.1) is 0 Å². The van der Waals surface area contributed by atoms with E-state index in [1.165, 1.54) is 12.3 Å². The van der Waals surface area contributed by atoms with Gasteiger partial charge < -0.3 is 10.0 Å². The SMILES string of the molecule is CCCCN(C(=O)c1ccnc(C(=O)O)c1)C1CC1. The van der Waals surface area contributed by atoms with Crippen molar-refractivity contribution in [2.45, 2.75) is 38.6 Å². The monoisotopic (exact) mass is 262 g/mol. The van der Waals surface area contributed by atoms with Gasteiger partial charge in [0.2, 0.25) is 0 Å². The van der Waals surface area contributed by atoms with E-state index in [-0.39, 0.29) is 11.6 Å². The maximum atomic E-state index is 12.4. The molecule has 1 fully saturated rings. The number of unbranched alkanes of at least 4 members (excludes halogenated alkanes) is 1. The molecule has 0 bridgehead atoms. The van der Waals surface area contributed by atoms with Crippen molar-refractivity contribution in [3.8, 4) is 0 Å². The molecule has 1 aliphatic rings. The third-order valence-corrected chi connectivity index (χ3v) is 3.23. The minimum atomic E-state index is -1.11. The second-order valence-corrected chi connectivity index (χ2v) is 4.82. The van der Waals surface area contributed by atoms with E-state index in [1.54, 1.807) is 6.07 Å².